The zero-order valence-corrected chi connectivity index (χ0v) is 17.0. The van der Waals surface area contributed by atoms with Crippen LogP contribution in [-0.4, -0.2) is 52.6 Å². The molecule has 0 saturated carbocycles. The van der Waals surface area contributed by atoms with Crippen molar-refractivity contribution >= 4 is 47.5 Å². The van der Waals surface area contributed by atoms with Gasteiger partial charge in [-0.2, -0.15) is 0 Å². The van der Waals surface area contributed by atoms with Gasteiger partial charge in [0.05, 0.1) is 0 Å². The number of esters is 2. The van der Waals surface area contributed by atoms with E-state index < -0.39 is 17.9 Å². The molecule has 6 heteroatoms. The fourth-order valence-electron chi connectivity index (χ4n) is 2.98. The number of hydrogen-bond acceptors (Lipinski definition) is 4. The van der Waals surface area contributed by atoms with Gasteiger partial charge < -0.3 is 9.84 Å². The van der Waals surface area contributed by atoms with Gasteiger partial charge >= 0.3 is 47.5 Å². The summed E-state index contributed by atoms with van der Waals surface area (Å²) in [6.07, 6.45) is 20.4. The summed E-state index contributed by atoms with van der Waals surface area (Å²) in [5, 5.41) is 8.37. The molecule has 0 rings (SSSR count). The van der Waals surface area contributed by atoms with Gasteiger partial charge in [-0.1, -0.05) is 96.8 Å². The maximum atomic E-state index is 11.4. The molecule has 0 bridgehead atoms. The van der Waals surface area contributed by atoms with Crippen molar-refractivity contribution in [2.45, 2.75) is 110 Å². The first-order valence-electron chi connectivity index (χ1n) is 10.7. The molecule has 0 heterocycles. The number of carbonyl (C=O) groups excluding carboxylic acids is 2. The standard InChI is InChI=1S/C22H38O5.Na.H/c1-2-3-4-5-6-7-8-9-10-11-12-13-14-15-16-17-21(25)27-22(26)19-18-20(23)24;;/h18-19H,2-17H2,1H3,(H,23,24);;/b19-18+;;. The first-order chi connectivity index (χ1) is 13.1. The third kappa shape index (κ3) is 23.4. The number of carboxylic acid groups (broad SMARTS) is 1. The van der Waals surface area contributed by atoms with Crippen LogP contribution in [0.4, 0.5) is 0 Å². The molecule has 0 fully saturated rings. The Kier molecular flexibility index (Phi) is 23.9. The van der Waals surface area contributed by atoms with Crippen molar-refractivity contribution in [2.24, 2.45) is 0 Å². The first kappa shape index (κ1) is 29.6. The minimum atomic E-state index is -1.25. The second-order valence-corrected chi connectivity index (χ2v) is 7.16. The van der Waals surface area contributed by atoms with Gasteiger partial charge in [0.25, 0.3) is 0 Å². The van der Waals surface area contributed by atoms with Crippen LogP contribution in [0.5, 0.6) is 0 Å². The van der Waals surface area contributed by atoms with Crippen LogP contribution in [0.1, 0.15) is 110 Å². The van der Waals surface area contributed by atoms with Crippen LogP contribution in [0.25, 0.3) is 0 Å². The predicted octanol–water partition coefficient (Wildman–Crippen LogP) is 5.31. The molecule has 0 aromatic heterocycles. The molecule has 0 radical (unpaired) electrons. The Balaban J connectivity index is 0. The third-order valence-electron chi connectivity index (χ3n) is 4.56. The number of carbonyl (C=O) groups is 3. The number of unbranched alkanes of at least 4 members (excludes halogenated alkanes) is 14. The van der Waals surface area contributed by atoms with E-state index in [1.54, 1.807) is 0 Å². The average molecular weight is 407 g/mol. The van der Waals surface area contributed by atoms with E-state index in [1.807, 2.05) is 0 Å². The molecule has 0 aliphatic heterocycles. The van der Waals surface area contributed by atoms with Gasteiger partial charge in [0.1, 0.15) is 0 Å². The summed E-state index contributed by atoms with van der Waals surface area (Å²) in [5.41, 5.74) is 0. The Hall–Kier alpha value is -0.650. The van der Waals surface area contributed by atoms with E-state index in [9.17, 15) is 14.4 Å². The summed E-state index contributed by atoms with van der Waals surface area (Å²) in [4.78, 5) is 32.8. The van der Waals surface area contributed by atoms with Gasteiger partial charge in [-0.05, 0) is 6.42 Å². The molecule has 0 aromatic rings. The van der Waals surface area contributed by atoms with E-state index in [1.165, 1.54) is 77.0 Å². The van der Waals surface area contributed by atoms with Crippen LogP contribution in [-0.2, 0) is 19.1 Å². The quantitative estimate of drug-likeness (QED) is 0.110. The van der Waals surface area contributed by atoms with E-state index in [0.717, 1.165) is 18.9 Å². The minimum absolute atomic E-state index is 0. The summed E-state index contributed by atoms with van der Waals surface area (Å²) in [7, 11) is 0. The number of hydrogen-bond donors (Lipinski definition) is 1. The molecule has 0 aromatic carbocycles. The molecular formula is C22H39NaO5. The fraction of sp³-hybridized carbons (Fsp3) is 0.773. The summed E-state index contributed by atoms with van der Waals surface area (Å²) in [5.74, 6) is -2.77. The van der Waals surface area contributed by atoms with Gasteiger partial charge in [-0.25, -0.2) is 9.59 Å². The van der Waals surface area contributed by atoms with Crippen LogP contribution in [0.15, 0.2) is 12.2 Å². The third-order valence-corrected chi connectivity index (χ3v) is 4.56. The van der Waals surface area contributed by atoms with Crippen molar-refractivity contribution in [1.29, 1.82) is 0 Å². The number of rotatable bonds is 18. The van der Waals surface area contributed by atoms with Crippen molar-refractivity contribution in [3.8, 4) is 0 Å². The van der Waals surface area contributed by atoms with Gasteiger partial charge in [0.15, 0.2) is 0 Å². The molecule has 158 valence electrons. The second-order valence-electron chi connectivity index (χ2n) is 7.16. The van der Waals surface area contributed by atoms with Crippen molar-refractivity contribution in [1.82, 2.24) is 0 Å². The van der Waals surface area contributed by atoms with Crippen LogP contribution >= 0.6 is 0 Å². The Bertz CT molecular complexity index is 435. The maximum absolute atomic E-state index is 11.4. The van der Waals surface area contributed by atoms with E-state index >= 15 is 0 Å². The van der Waals surface area contributed by atoms with Gasteiger partial charge in [0, 0.05) is 18.6 Å². The Morgan fingerprint density at radius 1 is 0.679 bits per heavy atom. The number of aliphatic carboxylic acids is 1. The zero-order valence-electron chi connectivity index (χ0n) is 17.0. The molecule has 0 aliphatic carbocycles. The Morgan fingerprint density at radius 3 is 1.46 bits per heavy atom. The molecule has 0 atom stereocenters. The van der Waals surface area contributed by atoms with Crippen LogP contribution < -0.4 is 0 Å². The van der Waals surface area contributed by atoms with Crippen molar-refractivity contribution < 1.29 is 24.2 Å². The van der Waals surface area contributed by atoms with Crippen molar-refractivity contribution in [3.63, 3.8) is 0 Å². The van der Waals surface area contributed by atoms with Crippen LogP contribution in [0.3, 0.4) is 0 Å². The first-order valence-corrected chi connectivity index (χ1v) is 10.7. The molecule has 5 nitrogen and oxygen atoms in total. The van der Waals surface area contributed by atoms with E-state index in [-0.39, 0.29) is 36.0 Å². The molecule has 0 amide bonds. The molecule has 1 N–H and O–H groups in total. The molecule has 0 unspecified atom stereocenters. The zero-order chi connectivity index (χ0) is 20.2. The number of ether oxygens (including phenoxy) is 1. The van der Waals surface area contributed by atoms with Crippen LogP contribution in [0.2, 0.25) is 0 Å². The van der Waals surface area contributed by atoms with Crippen molar-refractivity contribution in [3.05, 3.63) is 12.2 Å². The molecule has 28 heavy (non-hydrogen) atoms. The SMILES string of the molecule is CCCCCCCCCCCCCCCCCC(=O)OC(=O)/C=C/C(=O)O.[NaH]. The fourth-order valence-corrected chi connectivity index (χ4v) is 2.98. The summed E-state index contributed by atoms with van der Waals surface area (Å²) in [6, 6.07) is 0. The summed E-state index contributed by atoms with van der Waals surface area (Å²) < 4.78 is 4.49. The van der Waals surface area contributed by atoms with E-state index in [0.29, 0.717) is 12.5 Å². The van der Waals surface area contributed by atoms with Gasteiger partial charge in [0.2, 0.25) is 0 Å². The second kappa shape index (κ2) is 22.6. The normalized spacial score (nSPS) is 10.6. The molecule has 0 spiro atoms. The number of carboxylic acids is 1. The summed E-state index contributed by atoms with van der Waals surface area (Å²) in [6.45, 7) is 2.25. The van der Waals surface area contributed by atoms with Gasteiger partial charge in [-0.3, -0.25) is 4.79 Å². The topological polar surface area (TPSA) is 80.7 Å². The van der Waals surface area contributed by atoms with E-state index in [4.69, 9.17) is 5.11 Å². The molecule has 0 saturated heterocycles. The molecule has 0 aliphatic rings. The summed E-state index contributed by atoms with van der Waals surface area (Å²) >= 11 is 0. The Labute approximate surface area is 193 Å². The molecular weight excluding hydrogens is 367 g/mol. The van der Waals surface area contributed by atoms with E-state index in [2.05, 4.69) is 11.7 Å². The Morgan fingerprint density at radius 2 is 1.07 bits per heavy atom. The van der Waals surface area contributed by atoms with Crippen LogP contribution in [0, 0.1) is 0 Å². The predicted molar refractivity (Wildman–Crippen MR) is 115 cm³/mol. The average Bonchev–Trinajstić information content (AvgIpc) is 2.63. The van der Waals surface area contributed by atoms with Crippen molar-refractivity contribution in [2.75, 3.05) is 0 Å². The van der Waals surface area contributed by atoms with Gasteiger partial charge in [-0.15, -0.1) is 0 Å². The monoisotopic (exact) mass is 406 g/mol.